The second kappa shape index (κ2) is 11.3. The van der Waals surface area contributed by atoms with Crippen LogP contribution in [0.5, 0.6) is 0 Å². The van der Waals surface area contributed by atoms with Gasteiger partial charge in [0, 0.05) is 33.6 Å². The summed E-state index contributed by atoms with van der Waals surface area (Å²) >= 11 is 0. The maximum absolute atomic E-state index is 12.4. The molecule has 1 aromatic heterocycles. The van der Waals surface area contributed by atoms with Crippen molar-refractivity contribution in [1.82, 2.24) is 15.2 Å². The highest BCUT2D eigenvalue weighted by Crippen LogP contribution is 2.23. The first-order chi connectivity index (χ1) is 17.6. The van der Waals surface area contributed by atoms with E-state index in [2.05, 4.69) is 31.7 Å². The third kappa shape index (κ3) is 5.82. The highest BCUT2D eigenvalue weighted by atomic mass is 16.2. The van der Waals surface area contributed by atoms with Crippen molar-refractivity contribution in [3.05, 3.63) is 108 Å². The number of nitrogens with zero attached hydrogens (tertiary/aromatic N) is 2. The molecule has 4 rings (SSSR count). The van der Waals surface area contributed by atoms with E-state index in [9.17, 15) is 9.59 Å². The van der Waals surface area contributed by atoms with E-state index >= 15 is 0 Å². The summed E-state index contributed by atoms with van der Waals surface area (Å²) in [4.78, 5) is 29.3. The molecule has 0 saturated carbocycles. The predicted octanol–water partition coefficient (Wildman–Crippen LogP) is 5.47. The number of nitrogens with one attached hydrogen (secondary N) is 3. The molecule has 2 amide bonds. The van der Waals surface area contributed by atoms with E-state index in [1.54, 1.807) is 43.3 Å². The minimum absolute atomic E-state index is 0.172. The van der Waals surface area contributed by atoms with Crippen LogP contribution >= 0.6 is 0 Å². The molecule has 0 aliphatic rings. The minimum atomic E-state index is -0.248. The largest absolute Gasteiger partial charge is 0.322 e. The van der Waals surface area contributed by atoms with Crippen LogP contribution in [0.25, 0.3) is 22.8 Å². The molecule has 0 atom stereocenters. The van der Waals surface area contributed by atoms with Gasteiger partial charge in [0.25, 0.3) is 11.8 Å². The van der Waals surface area contributed by atoms with Crippen LogP contribution in [-0.2, 0) is 4.79 Å². The predicted molar refractivity (Wildman–Crippen MR) is 142 cm³/mol. The Balaban J connectivity index is 1.41. The minimum Gasteiger partial charge on any atom is -0.322 e. The number of rotatable bonds is 7. The quantitative estimate of drug-likeness (QED) is 0.188. The lowest BCUT2D eigenvalue weighted by molar-refractivity contribution is -0.112. The lowest BCUT2D eigenvalue weighted by Gasteiger charge is -2.06. The van der Waals surface area contributed by atoms with E-state index in [4.69, 9.17) is 6.42 Å². The molecule has 36 heavy (non-hydrogen) atoms. The van der Waals surface area contributed by atoms with E-state index < -0.39 is 0 Å². The van der Waals surface area contributed by atoms with Gasteiger partial charge in [-0.1, -0.05) is 30.2 Å². The zero-order chi connectivity index (χ0) is 25.3. The Bertz CT molecular complexity index is 1460. The van der Waals surface area contributed by atoms with Crippen molar-refractivity contribution in [3.8, 4) is 35.1 Å². The van der Waals surface area contributed by atoms with Crippen molar-refractivity contribution in [2.45, 2.75) is 6.92 Å². The Labute approximate surface area is 209 Å². The number of terminal acetylenes is 1. The third-order valence-electron chi connectivity index (χ3n) is 5.27. The molecule has 0 aliphatic heterocycles. The number of carbonyl (C=O) groups excluding carboxylic acids is 2. The maximum Gasteiger partial charge on any atom is 0.255 e. The van der Waals surface area contributed by atoms with Gasteiger partial charge in [-0.2, -0.15) is 5.10 Å². The molecular formula is C29H23N5O2. The van der Waals surface area contributed by atoms with Gasteiger partial charge in [0.1, 0.15) is 0 Å². The van der Waals surface area contributed by atoms with Crippen molar-refractivity contribution in [1.29, 1.82) is 0 Å². The van der Waals surface area contributed by atoms with Crippen molar-refractivity contribution >= 4 is 23.2 Å². The molecular weight excluding hydrogens is 450 g/mol. The molecule has 7 heteroatoms. The van der Waals surface area contributed by atoms with Gasteiger partial charge in [-0.25, -0.2) is 4.98 Å². The van der Waals surface area contributed by atoms with Gasteiger partial charge < -0.3 is 10.6 Å². The second-order valence-corrected chi connectivity index (χ2v) is 7.68. The molecule has 0 radical (unpaired) electrons. The van der Waals surface area contributed by atoms with E-state index in [-0.39, 0.29) is 11.8 Å². The number of anilines is 2. The molecule has 0 saturated heterocycles. The molecule has 0 fully saturated rings. The number of allylic oxidation sites excluding steroid dienone is 2. The van der Waals surface area contributed by atoms with E-state index in [0.29, 0.717) is 34.2 Å². The molecule has 0 spiro atoms. The average Bonchev–Trinajstić information content (AvgIpc) is 3.41. The number of aromatic amines is 1. The van der Waals surface area contributed by atoms with Crippen LogP contribution in [0.1, 0.15) is 17.3 Å². The highest BCUT2D eigenvalue weighted by Gasteiger charge is 2.11. The van der Waals surface area contributed by atoms with E-state index in [1.807, 2.05) is 54.6 Å². The van der Waals surface area contributed by atoms with Gasteiger partial charge in [0.2, 0.25) is 0 Å². The lowest BCUT2D eigenvalue weighted by atomic mass is 10.1. The zero-order valence-electron chi connectivity index (χ0n) is 19.5. The fraction of sp³-hybridized carbons (Fsp3) is 0.0345. The molecule has 3 N–H and O–H groups in total. The third-order valence-corrected chi connectivity index (χ3v) is 5.27. The number of aromatic nitrogens is 3. The number of benzene rings is 3. The summed E-state index contributed by atoms with van der Waals surface area (Å²) in [5.74, 6) is 3.07. The Hall–Kier alpha value is -5.22. The molecule has 176 valence electrons. The normalized spacial score (nSPS) is 11.2. The molecule has 0 unspecified atom stereocenters. The van der Waals surface area contributed by atoms with Gasteiger partial charge in [0.05, 0.1) is 0 Å². The number of carbonyl (C=O) groups is 2. The number of amides is 2. The summed E-state index contributed by atoms with van der Waals surface area (Å²) in [6.45, 7) is 1.77. The zero-order valence-corrected chi connectivity index (χ0v) is 19.5. The molecule has 0 aliphatic carbocycles. The molecule has 4 aromatic rings. The standard InChI is InChI=1S/C29H23N5O2/c1-3-5-9-20(4-2)28(35)30-24-16-12-21(13-17-24)26-32-27(34-33-26)22-14-18-25(19-15-22)31-29(36)23-10-7-6-8-11-23/h1,4-19H,2H3,(H,30,35)(H,31,36)(H,32,33,34)/b9-5-,20-4+. The molecule has 0 bridgehead atoms. The van der Waals surface area contributed by atoms with Crippen LogP contribution in [-0.4, -0.2) is 27.0 Å². The van der Waals surface area contributed by atoms with Crippen LogP contribution in [0.15, 0.2) is 103 Å². The fourth-order valence-corrected chi connectivity index (χ4v) is 3.37. The molecule has 3 aromatic carbocycles. The van der Waals surface area contributed by atoms with Crippen molar-refractivity contribution in [2.24, 2.45) is 0 Å². The Morgan fingerprint density at radius 1 is 0.889 bits per heavy atom. The summed E-state index contributed by atoms with van der Waals surface area (Å²) in [5, 5.41) is 13.0. The van der Waals surface area contributed by atoms with Gasteiger partial charge in [0.15, 0.2) is 11.6 Å². The number of H-pyrrole nitrogens is 1. The first kappa shape index (κ1) is 23.9. The first-order valence-corrected chi connectivity index (χ1v) is 11.2. The van der Waals surface area contributed by atoms with E-state index in [0.717, 1.165) is 11.1 Å². The monoisotopic (exact) mass is 473 g/mol. The fourth-order valence-electron chi connectivity index (χ4n) is 3.37. The van der Waals surface area contributed by atoms with Crippen molar-refractivity contribution < 1.29 is 9.59 Å². The summed E-state index contributed by atoms with van der Waals surface area (Å²) < 4.78 is 0. The average molecular weight is 474 g/mol. The molecule has 1 heterocycles. The first-order valence-electron chi connectivity index (χ1n) is 11.2. The van der Waals surface area contributed by atoms with Gasteiger partial charge in [-0.05, 0) is 79.7 Å². The second-order valence-electron chi connectivity index (χ2n) is 7.68. The summed E-state index contributed by atoms with van der Waals surface area (Å²) in [6, 6.07) is 23.6. The van der Waals surface area contributed by atoms with Crippen LogP contribution < -0.4 is 10.6 Å². The van der Waals surface area contributed by atoms with Crippen molar-refractivity contribution in [3.63, 3.8) is 0 Å². The lowest BCUT2D eigenvalue weighted by Crippen LogP contribution is -2.13. The summed E-state index contributed by atoms with van der Waals surface area (Å²) in [7, 11) is 0. The Morgan fingerprint density at radius 3 is 2.17 bits per heavy atom. The summed E-state index contributed by atoms with van der Waals surface area (Å²) in [6.07, 6.45) is 9.97. The topological polar surface area (TPSA) is 99.8 Å². The van der Waals surface area contributed by atoms with Gasteiger partial charge >= 0.3 is 0 Å². The SMILES string of the molecule is C#C/C=C\C(=C/C)C(=O)Nc1ccc(-c2nc(-c3ccc(NC(=O)c4ccccc4)cc3)n[nH]2)cc1. The van der Waals surface area contributed by atoms with Crippen LogP contribution in [0.2, 0.25) is 0 Å². The Kier molecular flexibility index (Phi) is 7.49. The van der Waals surface area contributed by atoms with E-state index in [1.165, 1.54) is 6.08 Å². The number of hydrogen-bond acceptors (Lipinski definition) is 4. The maximum atomic E-state index is 12.4. The van der Waals surface area contributed by atoms with Gasteiger partial charge in [-0.3, -0.25) is 14.7 Å². The van der Waals surface area contributed by atoms with Crippen LogP contribution in [0.3, 0.4) is 0 Å². The number of hydrogen-bond donors (Lipinski definition) is 3. The molecule has 7 nitrogen and oxygen atoms in total. The van der Waals surface area contributed by atoms with Crippen LogP contribution in [0, 0.1) is 12.3 Å². The smallest absolute Gasteiger partial charge is 0.255 e. The highest BCUT2D eigenvalue weighted by molar-refractivity contribution is 6.06. The van der Waals surface area contributed by atoms with Crippen LogP contribution in [0.4, 0.5) is 11.4 Å². The van der Waals surface area contributed by atoms with Crippen molar-refractivity contribution in [2.75, 3.05) is 10.6 Å². The Morgan fingerprint density at radius 2 is 1.53 bits per heavy atom. The summed E-state index contributed by atoms with van der Waals surface area (Å²) in [5.41, 5.74) is 4.01. The van der Waals surface area contributed by atoms with Gasteiger partial charge in [-0.15, -0.1) is 6.42 Å².